The number of thiazole rings is 1. The Morgan fingerprint density at radius 2 is 2.45 bits per heavy atom. The Labute approximate surface area is 67.7 Å². The number of hydrogen-bond donors (Lipinski definition) is 0. The fourth-order valence-electron chi connectivity index (χ4n) is 0.819. The van der Waals surface area contributed by atoms with Crippen LogP contribution in [0.25, 0.3) is 10.6 Å². The van der Waals surface area contributed by atoms with Gasteiger partial charge in [0.2, 0.25) is 0 Å². The highest BCUT2D eigenvalue weighted by Crippen LogP contribution is 2.23. The molecule has 2 aromatic heterocycles. The zero-order chi connectivity index (χ0) is 7.68. The lowest BCUT2D eigenvalue weighted by atomic mass is 10.4. The second-order valence-electron chi connectivity index (χ2n) is 2.13. The van der Waals surface area contributed by atoms with Crippen LogP contribution in [0.4, 0.5) is 0 Å². The van der Waals surface area contributed by atoms with Crippen LogP contribution in [0.15, 0.2) is 23.0 Å². The SMILES string of the molecule is Cc1ncc(-c2ccon2)s1. The predicted molar refractivity (Wildman–Crippen MR) is 42.3 cm³/mol. The molecule has 0 N–H and O–H groups in total. The Morgan fingerprint density at radius 1 is 1.55 bits per heavy atom. The average Bonchev–Trinajstić information content (AvgIpc) is 2.55. The molecule has 0 spiro atoms. The third-order valence-electron chi connectivity index (χ3n) is 1.31. The molecule has 2 aromatic rings. The van der Waals surface area contributed by atoms with Gasteiger partial charge in [0.05, 0.1) is 9.88 Å². The van der Waals surface area contributed by atoms with E-state index in [1.54, 1.807) is 23.8 Å². The van der Waals surface area contributed by atoms with Crippen LogP contribution >= 0.6 is 11.3 Å². The van der Waals surface area contributed by atoms with Gasteiger partial charge >= 0.3 is 0 Å². The Hall–Kier alpha value is -1.16. The summed E-state index contributed by atoms with van der Waals surface area (Å²) in [6.45, 7) is 1.97. The van der Waals surface area contributed by atoms with E-state index in [2.05, 4.69) is 10.1 Å². The Bertz CT molecular complexity index is 339. The van der Waals surface area contributed by atoms with Crippen molar-refractivity contribution < 1.29 is 4.52 Å². The van der Waals surface area contributed by atoms with Gasteiger partial charge in [0, 0.05) is 12.3 Å². The first-order chi connectivity index (χ1) is 5.36. The van der Waals surface area contributed by atoms with Gasteiger partial charge in [0.25, 0.3) is 0 Å². The summed E-state index contributed by atoms with van der Waals surface area (Å²) in [5, 5.41) is 4.84. The molecule has 0 radical (unpaired) electrons. The van der Waals surface area contributed by atoms with Gasteiger partial charge in [-0.25, -0.2) is 4.98 Å². The van der Waals surface area contributed by atoms with Gasteiger partial charge in [-0.1, -0.05) is 5.16 Å². The molecule has 2 rings (SSSR count). The Morgan fingerprint density at radius 3 is 3.00 bits per heavy atom. The summed E-state index contributed by atoms with van der Waals surface area (Å²) in [4.78, 5) is 5.16. The van der Waals surface area contributed by atoms with Crippen LogP contribution in [-0.2, 0) is 0 Å². The molecular formula is C7H6N2OS. The maximum absolute atomic E-state index is 4.71. The topological polar surface area (TPSA) is 38.9 Å². The minimum absolute atomic E-state index is 0.857. The lowest BCUT2D eigenvalue weighted by Gasteiger charge is -1.81. The maximum atomic E-state index is 4.71. The van der Waals surface area contributed by atoms with Crippen molar-refractivity contribution in [3.8, 4) is 10.6 Å². The molecule has 0 aliphatic rings. The first kappa shape index (κ1) is 6.54. The molecular weight excluding hydrogens is 160 g/mol. The van der Waals surface area contributed by atoms with Crippen molar-refractivity contribution in [3.05, 3.63) is 23.5 Å². The summed E-state index contributed by atoms with van der Waals surface area (Å²) in [5.41, 5.74) is 0.857. The number of aromatic nitrogens is 2. The summed E-state index contributed by atoms with van der Waals surface area (Å²) in [6.07, 6.45) is 3.36. The first-order valence-corrected chi connectivity index (χ1v) is 4.01. The van der Waals surface area contributed by atoms with E-state index >= 15 is 0 Å². The van der Waals surface area contributed by atoms with Crippen LogP contribution in [0.1, 0.15) is 5.01 Å². The van der Waals surface area contributed by atoms with Crippen molar-refractivity contribution in [3.63, 3.8) is 0 Å². The summed E-state index contributed by atoms with van der Waals surface area (Å²) in [7, 11) is 0. The molecule has 4 heteroatoms. The van der Waals surface area contributed by atoms with E-state index in [1.165, 1.54) is 0 Å². The predicted octanol–water partition coefficient (Wildman–Crippen LogP) is 2.11. The lowest BCUT2D eigenvalue weighted by Crippen LogP contribution is -1.66. The highest BCUT2D eigenvalue weighted by Gasteiger charge is 2.03. The highest BCUT2D eigenvalue weighted by atomic mass is 32.1. The number of rotatable bonds is 1. The summed E-state index contributed by atoms with van der Waals surface area (Å²) in [6, 6.07) is 1.83. The van der Waals surface area contributed by atoms with Crippen LogP contribution in [0.3, 0.4) is 0 Å². The molecule has 0 saturated carbocycles. The van der Waals surface area contributed by atoms with Crippen LogP contribution in [0.5, 0.6) is 0 Å². The van der Waals surface area contributed by atoms with E-state index in [9.17, 15) is 0 Å². The summed E-state index contributed by atoms with van der Waals surface area (Å²) < 4.78 is 4.71. The standard InChI is InChI=1S/C7H6N2OS/c1-5-8-4-7(11-5)6-2-3-10-9-6/h2-4H,1H3. The third kappa shape index (κ3) is 1.17. The lowest BCUT2D eigenvalue weighted by molar-refractivity contribution is 0.422. The van der Waals surface area contributed by atoms with Crippen molar-refractivity contribution in [1.82, 2.24) is 10.1 Å². The zero-order valence-corrected chi connectivity index (χ0v) is 6.76. The van der Waals surface area contributed by atoms with E-state index in [0.717, 1.165) is 15.6 Å². The molecule has 3 nitrogen and oxygen atoms in total. The molecule has 11 heavy (non-hydrogen) atoms. The maximum Gasteiger partial charge on any atom is 0.125 e. The van der Waals surface area contributed by atoms with Crippen molar-refractivity contribution >= 4 is 11.3 Å². The minimum atomic E-state index is 0.857. The normalized spacial score (nSPS) is 10.3. The Kier molecular flexibility index (Phi) is 1.47. The molecule has 0 fully saturated rings. The Balaban J connectivity index is 2.45. The van der Waals surface area contributed by atoms with Crippen LogP contribution in [-0.4, -0.2) is 10.1 Å². The number of nitrogens with zero attached hydrogens (tertiary/aromatic N) is 2. The van der Waals surface area contributed by atoms with Crippen molar-refractivity contribution in [1.29, 1.82) is 0 Å². The number of hydrogen-bond acceptors (Lipinski definition) is 4. The molecule has 0 unspecified atom stereocenters. The average molecular weight is 166 g/mol. The second kappa shape index (κ2) is 2.47. The highest BCUT2D eigenvalue weighted by molar-refractivity contribution is 7.15. The first-order valence-electron chi connectivity index (χ1n) is 3.19. The fourth-order valence-corrected chi connectivity index (χ4v) is 1.56. The van der Waals surface area contributed by atoms with Crippen LogP contribution in [0, 0.1) is 6.92 Å². The molecule has 56 valence electrons. The molecule has 2 heterocycles. The molecule has 0 atom stereocenters. The third-order valence-corrected chi connectivity index (χ3v) is 2.25. The van der Waals surface area contributed by atoms with Gasteiger partial charge in [-0.2, -0.15) is 0 Å². The molecule has 0 aromatic carbocycles. The van der Waals surface area contributed by atoms with Crippen LogP contribution in [0.2, 0.25) is 0 Å². The molecule has 0 saturated heterocycles. The zero-order valence-electron chi connectivity index (χ0n) is 5.94. The van der Waals surface area contributed by atoms with Gasteiger partial charge < -0.3 is 4.52 Å². The van der Waals surface area contributed by atoms with Crippen molar-refractivity contribution in [2.24, 2.45) is 0 Å². The summed E-state index contributed by atoms with van der Waals surface area (Å²) >= 11 is 1.61. The van der Waals surface area contributed by atoms with E-state index in [0.29, 0.717) is 0 Å². The van der Waals surface area contributed by atoms with Gasteiger partial charge in [-0.15, -0.1) is 11.3 Å². The second-order valence-corrected chi connectivity index (χ2v) is 3.36. The monoisotopic (exact) mass is 166 g/mol. The van der Waals surface area contributed by atoms with Gasteiger partial charge in [-0.3, -0.25) is 0 Å². The molecule has 0 aliphatic heterocycles. The van der Waals surface area contributed by atoms with E-state index in [1.807, 2.05) is 13.0 Å². The van der Waals surface area contributed by atoms with E-state index in [4.69, 9.17) is 4.52 Å². The number of aryl methyl sites for hydroxylation is 1. The molecule has 0 aliphatic carbocycles. The van der Waals surface area contributed by atoms with Gasteiger partial charge in [-0.05, 0) is 6.92 Å². The fraction of sp³-hybridized carbons (Fsp3) is 0.143. The van der Waals surface area contributed by atoms with Crippen molar-refractivity contribution in [2.75, 3.05) is 0 Å². The van der Waals surface area contributed by atoms with E-state index < -0.39 is 0 Å². The summed E-state index contributed by atoms with van der Waals surface area (Å²) in [5.74, 6) is 0. The quantitative estimate of drug-likeness (QED) is 0.651. The van der Waals surface area contributed by atoms with E-state index in [-0.39, 0.29) is 0 Å². The van der Waals surface area contributed by atoms with Crippen molar-refractivity contribution in [2.45, 2.75) is 6.92 Å². The smallest absolute Gasteiger partial charge is 0.125 e. The van der Waals surface area contributed by atoms with Gasteiger partial charge in [0.15, 0.2) is 0 Å². The van der Waals surface area contributed by atoms with Gasteiger partial charge in [0.1, 0.15) is 12.0 Å². The molecule has 0 amide bonds. The largest absolute Gasteiger partial charge is 0.364 e. The van der Waals surface area contributed by atoms with Crippen LogP contribution < -0.4 is 0 Å². The minimum Gasteiger partial charge on any atom is -0.364 e. The molecule has 0 bridgehead atoms.